The third-order valence-electron chi connectivity index (χ3n) is 4.50. The highest BCUT2D eigenvalue weighted by atomic mass is 16.7. The van der Waals surface area contributed by atoms with Crippen molar-refractivity contribution >= 4 is 6.09 Å². The average molecular weight is 386 g/mol. The SMILES string of the molecule is COCO[C@H]([C@H](CC1CCCCC1)NC(=O)OC(C)(C)C)[C@@H](O)CN=[N+]=[N-]. The predicted octanol–water partition coefficient (Wildman–Crippen LogP) is 3.51. The number of nitrogens with zero attached hydrogens (tertiary/aromatic N) is 3. The van der Waals surface area contributed by atoms with Crippen LogP contribution < -0.4 is 5.32 Å². The van der Waals surface area contributed by atoms with E-state index in [2.05, 4.69) is 15.3 Å². The van der Waals surface area contributed by atoms with E-state index in [0.29, 0.717) is 12.3 Å². The smallest absolute Gasteiger partial charge is 0.407 e. The quantitative estimate of drug-likeness (QED) is 0.257. The summed E-state index contributed by atoms with van der Waals surface area (Å²) < 4.78 is 16.0. The fraction of sp³-hybridized carbons (Fsp3) is 0.944. The highest BCUT2D eigenvalue weighted by Gasteiger charge is 2.34. The first-order valence-corrected chi connectivity index (χ1v) is 9.55. The first-order valence-electron chi connectivity index (χ1n) is 9.55. The number of alkyl carbamates (subject to hydrolysis) is 1. The zero-order chi connectivity index (χ0) is 20.3. The van der Waals surface area contributed by atoms with E-state index in [-0.39, 0.29) is 13.3 Å². The molecule has 0 aromatic heterocycles. The van der Waals surface area contributed by atoms with E-state index >= 15 is 0 Å². The standard InChI is InChI=1S/C18H34N4O5/c1-18(2,3)27-17(24)21-14(10-13-8-6-5-7-9-13)16(26-12-25-4)15(23)11-20-22-19/h13-16,23H,5-12H2,1-4H3,(H,21,24)/t14-,15-,16+/m0/s1. The summed E-state index contributed by atoms with van der Waals surface area (Å²) in [5.41, 5.74) is 7.90. The van der Waals surface area contributed by atoms with Crippen LogP contribution >= 0.6 is 0 Å². The van der Waals surface area contributed by atoms with Crippen molar-refractivity contribution in [3.05, 3.63) is 10.4 Å². The van der Waals surface area contributed by atoms with Gasteiger partial charge in [-0.1, -0.05) is 37.2 Å². The van der Waals surface area contributed by atoms with E-state index in [1.165, 1.54) is 13.5 Å². The van der Waals surface area contributed by atoms with Crippen molar-refractivity contribution in [1.82, 2.24) is 5.32 Å². The molecule has 9 heteroatoms. The fourth-order valence-corrected chi connectivity index (χ4v) is 3.38. The number of ether oxygens (including phenoxy) is 3. The van der Waals surface area contributed by atoms with Gasteiger partial charge >= 0.3 is 6.09 Å². The third kappa shape index (κ3) is 9.81. The second kappa shape index (κ2) is 12.0. The van der Waals surface area contributed by atoms with Gasteiger partial charge in [0.05, 0.1) is 18.7 Å². The molecule has 1 saturated carbocycles. The summed E-state index contributed by atoms with van der Waals surface area (Å²) in [7, 11) is 1.48. The Morgan fingerprint density at radius 2 is 2.00 bits per heavy atom. The van der Waals surface area contributed by atoms with E-state index < -0.39 is 29.9 Å². The molecule has 1 aliphatic rings. The molecule has 0 aromatic rings. The van der Waals surface area contributed by atoms with Gasteiger partial charge in [0, 0.05) is 12.0 Å². The number of rotatable bonds is 10. The van der Waals surface area contributed by atoms with Gasteiger partial charge in [0.2, 0.25) is 0 Å². The molecule has 1 aliphatic carbocycles. The van der Waals surface area contributed by atoms with E-state index in [9.17, 15) is 9.90 Å². The zero-order valence-corrected chi connectivity index (χ0v) is 16.9. The lowest BCUT2D eigenvalue weighted by molar-refractivity contribution is -0.124. The predicted molar refractivity (Wildman–Crippen MR) is 101 cm³/mol. The van der Waals surface area contributed by atoms with E-state index in [0.717, 1.165) is 25.7 Å². The first-order chi connectivity index (χ1) is 12.8. The number of azide groups is 1. The van der Waals surface area contributed by atoms with Crippen molar-refractivity contribution in [3.8, 4) is 0 Å². The molecule has 9 nitrogen and oxygen atoms in total. The highest BCUT2D eigenvalue weighted by Crippen LogP contribution is 2.29. The minimum atomic E-state index is -1.07. The molecule has 2 N–H and O–H groups in total. The molecular weight excluding hydrogens is 352 g/mol. The van der Waals surface area contributed by atoms with Crippen LogP contribution in [0.1, 0.15) is 59.3 Å². The Hall–Kier alpha value is -1.54. The van der Waals surface area contributed by atoms with Gasteiger partial charge in [0.25, 0.3) is 0 Å². The average Bonchev–Trinajstić information content (AvgIpc) is 2.59. The number of carbonyl (C=O) groups is 1. The summed E-state index contributed by atoms with van der Waals surface area (Å²) in [6.45, 7) is 5.17. The summed E-state index contributed by atoms with van der Waals surface area (Å²) in [5, 5.41) is 16.8. The van der Waals surface area contributed by atoms with E-state index in [4.69, 9.17) is 19.7 Å². The van der Waals surface area contributed by atoms with Crippen LogP contribution in [-0.4, -0.2) is 55.5 Å². The highest BCUT2D eigenvalue weighted by molar-refractivity contribution is 5.68. The topological polar surface area (TPSA) is 126 Å². The van der Waals surface area contributed by atoms with Gasteiger partial charge in [-0.3, -0.25) is 0 Å². The molecule has 156 valence electrons. The monoisotopic (exact) mass is 386 g/mol. The third-order valence-corrected chi connectivity index (χ3v) is 4.50. The van der Waals surface area contributed by atoms with Crippen LogP contribution in [0.4, 0.5) is 4.79 Å². The summed E-state index contributed by atoms with van der Waals surface area (Å²) in [6.07, 6.45) is 3.95. The second-order valence-electron chi connectivity index (χ2n) is 8.01. The van der Waals surface area contributed by atoms with E-state index in [1.54, 1.807) is 20.8 Å². The zero-order valence-electron chi connectivity index (χ0n) is 16.9. The lowest BCUT2D eigenvalue weighted by Gasteiger charge is -2.34. The van der Waals surface area contributed by atoms with Gasteiger partial charge in [-0.15, -0.1) is 0 Å². The Morgan fingerprint density at radius 3 is 2.56 bits per heavy atom. The lowest BCUT2D eigenvalue weighted by Crippen LogP contribution is -2.52. The Labute approximate surface area is 161 Å². The molecule has 0 aromatic carbocycles. The van der Waals surface area contributed by atoms with Crippen molar-refractivity contribution in [1.29, 1.82) is 0 Å². The van der Waals surface area contributed by atoms with E-state index in [1.807, 2.05) is 0 Å². The van der Waals surface area contributed by atoms with Gasteiger partial charge in [-0.2, -0.15) is 0 Å². The van der Waals surface area contributed by atoms with Crippen LogP contribution in [0.3, 0.4) is 0 Å². The number of amides is 1. The molecule has 27 heavy (non-hydrogen) atoms. The largest absolute Gasteiger partial charge is 0.444 e. The first kappa shape index (κ1) is 23.5. The maximum atomic E-state index is 12.3. The van der Waals surface area contributed by atoms with Crippen LogP contribution in [0.15, 0.2) is 5.11 Å². The van der Waals surface area contributed by atoms with Crippen molar-refractivity contribution < 1.29 is 24.1 Å². The normalized spacial score (nSPS) is 18.9. The van der Waals surface area contributed by atoms with Gasteiger partial charge in [0.1, 0.15) is 18.5 Å². The summed E-state index contributed by atoms with van der Waals surface area (Å²) in [4.78, 5) is 15.0. The van der Waals surface area contributed by atoms with Gasteiger partial charge in [-0.05, 0) is 38.6 Å². The molecule has 0 heterocycles. The lowest BCUT2D eigenvalue weighted by atomic mass is 9.83. The molecule has 0 unspecified atom stereocenters. The molecule has 0 spiro atoms. The summed E-state index contributed by atoms with van der Waals surface area (Å²) in [6, 6.07) is -0.484. The van der Waals surface area contributed by atoms with Crippen molar-refractivity contribution in [3.63, 3.8) is 0 Å². The number of methoxy groups -OCH3 is 1. The molecule has 1 amide bonds. The van der Waals surface area contributed by atoms with Crippen molar-refractivity contribution in [2.75, 3.05) is 20.4 Å². The number of aliphatic hydroxyl groups excluding tert-OH is 1. The maximum Gasteiger partial charge on any atom is 0.407 e. The van der Waals surface area contributed by atoms with Crippen LogP contribution in [0, 0.1) is 5.92 Å². The van der Waals surface area contributed by atoms with Crippen molar-refractivity contribution in [2.45, 2.75) is 83.1 Å². The van der Waals surface area contributed by atoms with Crippen LogP contribution in [0.25, 0.3) is 10.4 Å². The van der Waals surface area contributed by atoms with Crippen LogP contribution in [0.2, 0.25) is 0 Å². The Balaban J connectivity index is 2.92. The van der Waals surface area contributed by atoms with Crippen LogP contribution in [-0.2, 0) is 14.2 Å². The molecule has 0 bridgehead atoms. The maximum absolute atomic E-state index is 12.3. The molecule has 1 fully saturated rings. The minimum Gasteiger partial charge on any atom is -0.444 e. The number of carbonyl (C=O) groups excluding carboxylic acids is 1. The molecule has 0 saturated heterocycles. The van der Waals surface area contributed by atoms with Crippen LogP contribution in [0.5, 0.6) is 0 Å². The molecular formula is C18H34N4O5. The van der Waals surface area contributed by atoms with Gasteiger partial charge in [-0.25, -0.2) is 4.79 Å². The molecule has 0 radical (unpaired) electrons. The Bertz CT molecular complexity index is 485. The fourth-order valence-electron chi connectivity index (χ4n) is 3.38. The number of nitrogens with one attached hydrogen (secondary N) is 1. The molecule has 3 atom stereocenters. The number of hydrogen-bond donors (Lipinski definition) is 2. The summed E-state index contributed by atoms with van der Waals surface area (Å²) in [5.74, 6) is 0.430. The Kier molecular flexibility index (Phi) is 10.5. The van der Waals surface area contributed by atoms with Gasteiger partial charge in [0.15, 0.2) is 0 Å². The van der Waals surface area contributed by atoms with Gasteiger partial charge < -0.3 is 24.6 Å². The molecule has 0 aliphatic heterocycles. The Morgan fingerprint density at radius 1 is 1.33 bits per heavy atom. The molecule has 1 rings (SSSR count). The van der Waals surface area contributed by atoms with Crippen molar-refractivity contribution in [2.24, 2.45) is 11.0 Å². The second-order valence-corrected chi connectivity index (χ2v) is 8.01. The number of aliphatic hydroxyl groups is 1. The minimum absolute atomic E-state index is 0.0465. The number of hydrogen-bond acceptors (Lipinski definition) is 6. The summed E-state index contributed by atoms with van der Waals surface area (Å²) >= 11 is 0.